The first kappa shape index (κ1) is 23.4. The quantitative estimate of drug-likeness (QED) is 0.489. The van der Waals surface area contributed by atoms with Crippen molar-refractivity contribution in [3.63, 3.8) is 0 Å². The minimum Gasteiger partial charge on any atom is -0.477 e. The lowest BCUT2D eigenvalue weighted by Crippen LogP contribution is -2.34. The van der Waals surface area contributed by atoms with Gasteiger partial charge in [-0.25, -0.2) is 18.6 Å². The molecule has 1 aliphatic heterocycles. The molecular formula is C24H19ClF2N2O5. The standard InChI is InChI=1S/C24H19ClF2N2O5/c1-2-19(17-4-6-20-22(21(17)25)34-12-33-20)29(11-13-3-5-18(24(31)32)28-10-13)23(30)14-7-15(26)9-16(27)8-14/h3-10,19H,2,11-12H2,1H3,(H,31,32)/t19-/m1/s1. The van der Waals surface area contributed by atoms with Crippen molar-refractivity contribution in [1.82, 2.24) is 9.88 Å². The highest BCUT2D eigenvalue weighted by Crippen LogP contribution is 2.44. The largest absolute Gasteiger partial charge is 0.477 e. The molecule has 1 amide bonds. The third-order valence-electron chi connectivity index (χ3n) is 5.40. The Labute approximate surface area is 198 Å². The zero-order valence-electron chi connectivity index (χ0n) is 17.9. The van der Waals surface area contributed by atoms with E-state index in [1.54, 1.807) is 12.1 Å². The molecule has 0 spiro atoms. The van der Waals surface area contributed by atoms with Gasteiger partial charge in [-0.1, -0.05) is 30.7 Å². The van der Waals surface area contributed by atoms with Crippen LogP contribution in [0.3, 0.4) is 0 Å². The van der Waals surface area contributed by atoms with Crippen molar-refractivity contribution in [3.8, 4) is 11.5 Å². The van der Waals surface area contributed by atoms with E-state index in [0.29, 0.717) is 35.1 Å². The summed E-state index contributed by atoms with van der Waals surface area (Å²) in [6.07, 6.45) is 1.74. The molecule has 7 nitrogen and oxygen atoms in total. The average molecular weight is 489 g/mol. The molecular weight excluding hydrogens is 470 g/mol. The third-order valence-corrected chi connectivity index (χ3v) is 5.79. The summed E-state index contributed by atoms with van der Waals surface area (Å²) >= 11 is 6.59. The molecule has 0 radical (unpaired) electrons. The number of benzene rings is 2. The maximum atomic E-state index is 13.9. The molecule has 10 heteroatoms. The van der Waals surface area contributed by atoms with Crippen molar-refractivity contribution >= 4 is 23.5 Å². The van der Waals surface area contributed by atoms with Gasteiger partial charge < -0.3 is 19.5 Å². The molecule has 0 saturated carbocycles. The van der Waals surface area contributed by atoms with Crippen LogP contribution in [0, 0.1) is 11.6 Å². The Morgan fingerprint density at radius 3 is 2.50 bits per heavy atom. The van der Waals surface area contributed by atoms with Gasteiger partial charge in [-0.2, -0.15) is 0 Å². The number of carboxylic acid groups (broad SMARTS) is 1. The Balaban J connectivity index is 1.77. The van der Waals surface area contributed by atoms with E-state index in [1.165, 1.54) is 23.2 Å². The van der Waals surface area contributed by atoms with Gasteiger partial charge in [-0.15, -0.1) is 0 Å². The predicted molar refractivity (Wildman–Crippen MR) is 118 cm³/mol. The van der Waals surface area contributed by atoms with Crippen molar-refractivity contribution in [2.24, 2.45) is 0 Å². The predicted octanol–water partition coefficient (Wildman–Crippen LogP) is 5.23. The molecule has 2 heterocycles. The summed E-state index contributed by atoms with van der Waals surface area (Å²) in [5, 5.41) is 9.36. The van der Waals surface area contributed by atoms with Gasteiger partial charge in [-0.05, 0) is 41.8 Å². The second kappa shape index (κ2) is 9.64. The van der Waals surface area contributed by atoms with E-state index in [0.717, 1.165) is 12.1 Å². The fraction of sp³-hybridized carbons (Fsp3) is 0.208. The van der Waals surface area contributed by atoms with Gasteiger partial charge in [-0.3, -0.25) is 4.79 Å². The van der Waals surface area contributed by atoms with Crippen LogP contribution in [0.1, 0.15) is 51.4 Å². The molecule has 1 aliphatic rings. The number of halogens is 3. The minimum atomic E-state index is -1.19. The highest BCUT2D eigenvalue weighted by Gasteiger charge is 2.30. The van der Waals surface area contributed by atoms with E-state index < -0.39 is 29.6 Å². The molecule has 0 fully saturated rings. The number of fused-ring (bicyclic) bond motifs is 1. The van der Waals surface area contributed by atoms with Crippen LogP contribution in [0.15, 0.2) is 48.7 Å². The Hall–Kier alpha value is -3.72. The van der Waals surface area contributed by atoms with Crippen molar-refractivity contribution in [3.05, 3.63) is 87.7 Å². The normalized spacial score (nSPS) is 12.9. The summed E-state index contributed by atoms with van der Waals surface area (Å²) in [7, 11) is 0. The summed E-state index contributed by atoms with van der Waals surface area (Å²) in [4.78, 5) is 30.0. The van der Waals surface area contributed by atoms with Crippen LogP contribution >= 0.6 is 11.6 Å². The molecule has 0 aliphatic carbocycles. The molecule has 4 rings (SSSR count). The van der Waals surface area contributed by atoms with Gasteiger partial charge in [0, 0.05) is 24.4 Å². The molecule has 0 bridgehead atoms. The Kier molecular flexibility index (Phi) is 6.65. The first-order valence-electron chi connectivity index (χ1n) is 10.3. The number of carboxylic acids is 1. The number of ether oxygens (including phenoxy) is 2. The number of aromatic nitrogens is 1. The topological polar surface area (TPSA) is 89.0 Å². The first-order chi connectivity index (χ1) is 16.3. The van der Waals surface area contributed by atoms with Crippen molar-refractivity contribution < 1.29 is 33.0 Å². The highest BCUT2D eigenvalue weighted by atomic mass is 35.5. The van der Waals surface area contributed by atoms with E-state index >= 15 is 0 Å². The van der Waals surface area contributed by atoms with Crippen LogP contribution in [-0.4, -0.2) is 33.7 Å². The van der Waals surface area contributed by atoms with Crippen LogP contribution in [0.2, 0.25) is 5.02 Å². The second-order valence-electron chi connectivity index (χ2n) is 7.57. The van der Waals surface area contributed by atoms with Crippen LogP contribution in [0.4, 0.5) is 8.78 Å². The Bertz CT molecular complexity index is 1230. The monoisotopic (exact) mass is 488 g/mol. The number of pyridine rings is 1. The van der Waals surface area contributed by atoms with Crippen molar-refractivity contribution in [1.29, 1.82) is 0 Å². The van der Waals surface area contributed by atoms with Gasteiger partial charge in [0.1, 0.15) is 17.3 Å². The fourth-order valence-electron chi connectivity index (χ4n) is 3.83. The summed E-state index contributed by atoms with van der Waals surface area (Å²) in [5.74, 6) is -2.76. The number of aromatic carboxylic acids is 1. The van der Waals surface area contributed by atoms with Crippen LogP contribution in [0.5, 0.6) is 11.5 Å². The number of rotatable bonds is 7. The number of carbonyl (C=O) groups excluding carboxylic acids is 1. The lowest BCUT2D eigenvalue weighted by molar-refractivity contribution is 0.0647. The fourth-order valence-corrected chi connectivity index (χ4v) is 4.16. The molecule has 34 heavy (non-hydrogen) atoms. The average Bonchev–Trinajstić information content (AvgIpc) is 3.29. The molecule has 0 saturated heterocycles. The Morgan fingerprint density at radius 2 is 1.88 bits per heavy atom. The molecule has 1 atom stereocenters. The van der Waals surface area contributed by atoms with Gasteiger partial charge in [0.05, 0.1) is 11.1 Å². The van der Waals surface area contributed by atoms with E-state index in [1.807, 2.05) is 6.92 Å². The molecule has 1 N–H and O–H groups in total. The van der Waals surface area contributed by atoms with Crippen LogP contribution < -0.4 is 9.47 Å². The van der Waals surface area contributed by atoms with E-state index in [2.05, 4.69) is 4.98 Å². The van der Waals surface area contributed by atoms with Crippen LogP contribution in [-0.2, 0) is 6.54 Å². The molecule has 2 aromatic carbocycles. The third kappa shape index (κ3) is 4.65. The molecule has 1 aromatic heterocycles. The van der Waals surface area contributed by atoms with E-state index in [9.17, 15) is 18.4 Å². The highest BCUT2D eigenvalue weighted by molar-refractivity contribution is 6.33. The van der Waals surface area contributed by atoms with Crippen molar-refractivity contribution in [2.45, 2.75) is 25.9 Å². The summed E-state index contributed by atoms with van der Waals surface area (Å²) in [5.41, 5.74) is 0.752. The minimum absolute atomic E-state index is 0.0160. The SMILES string of the molecule is CC[C@H](c1ccc2c(c1Cl)OCO2)N(Cc1ccc(C(=O)O)nc1)C(=O)c1cc(F)cc(F)c1. The molecule has 176 valence electrons. The second-order valence-corrected chi connectivity index (χ2v) is 7.95. The molecule has 0 unspecified atom stereocenters. The lowest BCUT2D eigenvalue weighted by Gasteiger charge is -2.32. The zero-order chi connectivity index (χ0) is 24.4. The number of carbonyl (C=O) groups is 2. The van der Waals surface area contributed by atoms with Crippen molar-refractivity contribution in [2.75, 3.05) is 6.79 Å². The van der Waals surface area contributed by atoms with Gasteiger partial charge >= 0.3 is 5.97 Å². The summed E-state index contributed by atoms with van der Waals surface area (Å²) < 4.78 is 38.6. The van der Waals surface area contributed by atoms with Gasteiger partial charge in [0.25, 0.3) is 5.91 Å². The maximum absolute atomic E-state index is 13.9. The molecule has 3 aromatic rings. The zero-order valence-corrected chi connectivity index (χ0v) is 18.7. The lowest BCUT2D eigenvalue weighted by atomic mass is 9.99. The number of hydrogen-bond donors (Lipinski definition) is 1. The smallest absolute Gasteiger partial charge is 0.354 e. The van der Waals surface area contributed by atoms with Gasteiger partial charge in [0.2, 0.25) is 6.79 Å². The van der Waals surface area contributed by atoms with E-state index in [4.69, 9.17) is 26.2 Å². The maximum Gasteiger partial charge on any atom is 0.354 e. The summed E-state index contributed by atoms with van der Waals surface area (Å²) in [6.45, 7) is 1.83. The Morgan fingerprint density at radius 1 is 1.15 bits per heavy atom. The number of hydrogen-bond acceptors (Lipinski definition) is 5. The number of amides is 1. The van der Waals surface area contributed by atoms with Gasteiger partial charge in [0.15, 0.2) is 11.5 Å². The first-order valence-corrected chi connectivity index (χ1v) is 10.7. The van der Waals surface area contributed by atoms with Crippen LogP contribution in [0.25, 0.3) is 0 Å². The number of nitrogens with zero attached hydrogens (tertiary/aromatic N) is 2. The van der Waals surface area contributed by atoms with E-state index in [-0.39, 0.29) is 29.6 Å². The summed E-state index contributed by atoms with van der Waals surface area (Å²) in [6, 6.07) is 8.22.